The number of halogens is 1. The summed E-state index contributed by atoms with van der Waals surface area (Å²) >= 11 is 1.45. The highest BCUT2D eigenvalue weighted by atomic mass is 32.1. The van der Waals surface area contributed by atoms with Gasteiger partial charge in [-0.1, -0.05) is 0 Å². The number of carbonyl (C=O) groups is 1. The van der Waals surface area contributed by atoms with Crippen LogP contribution in [0.5, 0.6) is 0 Å². The second kappa shape index (κ2) is 5.02. The first-order chi connectivity index (χ1) is 9.61. The van der Waals surface area contributed by atoms with Crippen LogP contribution in [0.3, 0.4) is 0 Å². The van der Waals surface area contributed by atoms with Gasteiger partial charge in [-0.05, 0) is 42.5 Å². The largest absolute Gasteiger partial charge is 0.326 e. The van der Waals surface area contributed by atoms with Crippen molar-refractivity contribution in [1.29, 1.82) is 0 Å². The minimum atomic E-state index is -0.256. The molecular formula is C15H11FN2OS. The number of nitrogens with one attached hydrogen (secondary N) is 1. The van der Waals surface area contributed by atoms with E-state index in [-0.39, 0.29) is 11.7 Å². The van der Waals surface area contributed by atoms with Crippen LogP contribution in [0.25, 0.3) is 20.8 Å². The van der Waals surface area contributed by atoms with Crippen molar-refractivity contribution >= 4 is 33.1 Å². The third-order valence-electron chi connectivity index (χ3n) is 2.80. The summed E-state index contributed by atoms with van der Waals surface area (Å²) in [4.78, 5) is 15.4. The second-order valence-corrected chi connectivity index (χ2v) is 5.42. The Bertz CT molecular complexity index is 780. The molecule has 0 spiro atoms. The van der Waals surface area contributed by atoms with Crippen molar-refractivity contribution in [3.8, 4) is 10.6 Å². The van der Waals surface area contributed by atoms with Crippen LogP contribution in [0.4, 0.5) is 10.1 Å². The number of benzene rings is 2. The van der Waals surface area contributed by atoms with E-state index in [1.165, 1.54) is 30.4 Å². The molecule has 3 rings (SSSR count). The fourth-order valence-corrected chi connectivity index (χ4v) is 2.92. The number of anilines is 1. The summed E-state index contributed by atoms with van der Waals surface area (Å²) < 4.78 is 14.0. The number of nitrogens with zero attached hydrogens (tertiary/aromatic N) is 1. The molecule has 100 valence electrons. The lowest BCUT2D eigenvalue weighted by Crippen LogP contribution is -2.05. The lowest BCUT2D eigenvalue weighted by molar-refractivity contribution is -0.114. The van der Waals surface area contributed by atoms with E-state index in [1.807, 2.05) is 24.3 Å². The molecule has 3 aromatic rings. The van der Waals surface area contributed by atoms with Crippen LogP contribution in [-0.4, -0.2) is 10.9 Å². The first-order valence-corrected chi connectivity index (χ1v) is 6.87. The number of thiazole rings is 1. The van der Waals surface area contributed by atoms with Gasteiger partial charge in [0.15, 0.2) is 0 Å². The topological polar surface area (TPSA) is 42.0 Å². The Balaban J connectivity index is 1.96. The highest BCUT2D eigenvalue weighted by Gasteiger charge is 2.07. The van der Waals surface area contributed by atoms with Crippen molar-refractivity contribution in [3.05, 3.63) is 48.3 Å². The summed E-state index contributed by atoms with van der Waals surface area (Å²) in [6, 6.07) is 12.0. The third kappa shape index (κ3) is 2.53. The molecule has 1 N–H and O–H groups in total. The predicted molar refractivity (Wildman–Crippen MR) is 79.3 cm³/mol. The molecule has 0 aliphatic carbocycles. The Morgan fingerprint density at radius 3 is 2.65 bits per heavy atom. The quantitative estimate of drug-likeness (QED) is 0.772. The molecule has 0 saturated heterocycles. The molecular weight excluding hydrogens is 275 g/mol. The van der Waals surface area contributed by atoms with Gasteiger partial charge >= 0.3 is 0 Å². The second-order valence-electron chi connectivity index (χ2n) is 4.39. The zero-order valence-corrected chi connectivity index (χ0v) is 11.5. The molecule has 0 radical (unpaired) electrons. The zero-order chi connectivity index (χ0) is 14.1. The highest BCUT2D eigenvalue weighted by Crippen LogP contribution is 2.31. The Morgan fingerprint density at radius 1 is 1.20 bits per heavy atom. The minimum Gasteiger partial charge on any atom is -0.326 e. The lowest BCUT2D eigenvalue weighted by atomic mass is 10.2. The van der Waals surface area contributed by atoms with Gasteiger partial charge in [0.05, 0.1) is 10.2 Å². The maximum absolute atomic E-state index is 13.2. The first kappa shape index (κ1) is 12.7. The van der Waals surface area contributed by atoms with E-state index >= 15 is 0 Å². The molecule has 0 bridgehead atoms. The van der Waals surface area contributed by atoms with Crippen molar-refractivity contribution in [3.63, 3.8) is 0 Å². The summed E-state index contributed by atoms with van der Waals surface area (Å²) in [5.74, 6) is -0.359. The van der Waals surface area contributed by atoms with Gasteiger partial charge in [-0.25, -0.2) is 9.37 Å². The molecule has 1 aromatic heterocycles. The molecule has 0 saturated carbocycles. The number of fused-ring (bicyclic) bond motifs is 1. The van der Waals surface area contributed by atoms with Crippen LogP contribution in [0.15, 0.2) is 42.5 Å². The van der Waals surface area contributed by atoms with Crippen molar-refractivity contribution in [2.45, 2.75) is 6.92 Å². The first-order valence-electron chi connectivity index (χ1n) is 6.06. The SMILES string of the molecule is CC(=O)Nc1ccc(-c2nc3ccc(F)cc3s2)cc1. The number of carbonyl (C=O) groups excluding carboxylic acids is 1. The van der Waals surface area contributed by atoms with Gasteiger partial charge in [-0.15, -0.1) is 11.3 Å². The fourth-order valence-electron chi connectivity index (χ4n) is 1.92. The zero-order valence-electron chi connectivity index (χ0n) is 10.7. The standard InChI is InChI=1S/C15H11FN2OS/c1-9(19)17-12-5-2-10(3-6-12)15-18-13-7-4-11(16)8-14(13)20-15/h2-8H,1H3,(H,17,19). The van der Waals surface area contributed by atoms with Crippen LogP contribution in [-0.2, 0) is 4.79 Å². The summed E-state index contributed by atoms with van der Waals surface area (Å²) in [6.45, 7) is 1.47. The van der Waals surface area contributed by atoms with Gasteiger partial charge in [0.2, 0.25) is 5.91 Å². The van der Waals surface area contributed by atoms with E-state index in [2.05, 4.69) is 10.3 Å². The van der Waals surface area contributed by atoms with Crippen molar-refractivity contribution in [1.82, 2.24) is 4.98 Å². The van der Waals surface area contributed by atoms with Crippen LogP contribution in [0.2, 0.25) is 0 Å². The van der Waals surface area contributed by atoms with Crippen molar-refractivity contribution in [2.24, 2.45) is 0 Å². The van der Waals surface area contributed by atoms with Gasteiger partial charge in [-0.2, -0.15) is 0 Å². The van der Waals surface area contributed by atoms with Crippen molar-refractivity contribution < 1.29 is 9.18 Å². The van der Waals surface area contributed by atoms with E-state index in [9.17, 15) is 9.18 Å². The van der Waals surface area contributed by atoms with E-state index in [1.54, 1.807) is 6.07 Å². The van der Waals surface area contributed by atoms with Crippen molar-refractivity contribution in [2.75, 3.05) is 5.32 Å². The average molecular weight is 286 g/mol. The van der Waals surface area contributed by atoms with Crippen LogP contribution >= 0.6 is 11.3 Å². The van der Waals surface area contributed by atoms with Crippen LogP contribution in [0.1, 0.15) is 6.92 Å². The molecule has 1 heterocycles. The summed E-state index contributed by atoms with van der Waals surface area (Å²) in [7, 11) is 0. The van der Waals surface area contributed by atoms with Gasteiger partial charge < -0.3 is 5.32 Å². The molecule has 2 aromatic carbocycles. The minimum absolute atomic E-state index is 0.104. The average Bonchev–Trinajstić information content (AvgIpc) is 2.81. The normalized spacial score (nSPS) is 10.7. The number of rotatable bonds is 2. The molecule has 3 nitrogen and oxygen atoms in total. The van der Waals surface area contributed by atoms with Gasteiger partial charge in [0, 0.05) is 18.2 Å². The Labute approximate surface area is 119 Å². The van der Waals surface area contributed by atoms with E-state index in [4.69, 9.17) is 0 Å². The fraction of sp³-hybridized carbons (Fsp3) is 0.0667. The lowest BCUT2D eigenvalue weighted by Gasteiger charge is -2.02. The molecule has 0 unspecified atom stereocenters. The van der Waals surface area contributed by atoms with Crippen LogP contribution < -0.4 is 5.32 Å². The number of amides is 1. The van der Waals surface area contributed by atoms with Gasteiger partial charge in [0.25, 0.3) is 0 Å². The highest BCUT2D eigenvalue weighted by molar-refractivity contribution is 7.21. The van der Waals surface area contributed by atoms with Gasteiger partial charge in [0.1, 0.15) is 10.8 Å². The molecule has 1 amide bonds. The number of hydrogen-bond acceptors (Lipinski definition) is 3. The summed E-state index contributed by atoms with van der Waals surface area (Å²) in [5.41, 5.74) is 2.48. The number of hydrogen-bond donors (Lipinski definition) is 1. The Hall–Kier alpha value is -2.27. The van der Waals surface area contributed by atoms with Crippen LogP contribution in [0, 0.1) is 5.82 Å². The molecule has 20 heavy (non-hydrogen) atoms. The predicted octanol–water partition coefficient (Wildman–Crippen LogP) is 4.06. The Morgan fingerprint density at radius 2 is 1.95 bits per heavy atom. The van der Waals surface area contributed by atoms with Gasteiger partial charge in [-0.3, -0.25) is 4.79 Å². The molecule has 0 aliphatic rings. The summed E-state index contributed by atoms with van der Waals surface area (Å²) in [5, 5.41) is 3.55. The smallest absolute Gasteiger partial charge is 0.221 e. The van der Waals surface area contributed by atoms with E-state index in [0.717, 1.165) is 26.5 Å². The van der Waals surface area contributed by atoms with E-state index < -0.39 is 0 Å². The van der Waals surface area contributed by atoms with E-state index in [0.29, 0.717) is 0 Å². The monoisotopic (exact) mass is 286 g/mol. The molecule has 5 heteroatoms. The molecule has 0 atom stereocenters. The molecule has 0 fully saturated rings. The molecule has 0 aliphatic heterocycles. The summed E-state index contributed by atoms with van der Waals surface area (Å²) in [6.07, 6.45) is 0. The Kier molecular flexibility index (Phi) is 3.20. The third-order valence-corrected chi connectivity index (χ3v) is 3.87. The maximum atomic E-state index is 13.2. The number of aromatic nitrogens is 1. The maximum Gasteiger partial charge on any atom is 0.221 e.